The van der Waals surface area contributed by atoms with Crippen molar-refractivity contribution in [3.05, 3.63) is 29.8 Å². The van der Waals surface area contributed by atoms with E-state index in [2.05, 4.69) is 20.6 Å². The molecule has 0 saturated carbocycles. The quantitative estimate of drug-likeness (QED) is 0.704. The SMILES string of the molecule is O=C(O)CC(O)c1cccc(-c2nn[nH]n2)c1. The van der Waals surface area contributed by atoms with Crippen LogP contribution in [-0.2, 0) is 4.79 Å². The highest BCUT2D eigenvalue weighted by molar-refractivity contribution is 5.68. The molecule has 2 aromatic rings. The lowest BCUT2D eigenvalue weighted by Crippen LogP contribution is -2.05. The molecular formula is C10H10N4O3. The topological polar surface area (TPSA) is 112 Å². The smallest absolute Gasteiger partial charge is 0.306 e. The summed E-state index contributed by atoms with van der Waals surface area (Å²) < 4.78 is 0. The summed E-state index contributed by atoms with van der Waals surface area (Å²) in [5, 5.41) is 31.6. The summed E-state index contributed by atoms with van der Waals surface area (Å²) in [4.78, 5) is 10.5. The van der Waals surface area contributed by atoms with Gasteiger partial charge in [-0.05, 0) is 16.8 Å². The van der Waals surface area contributed by atoms with E-state index < -0.39 is 12.1 Å². The highest BCUT2D eigenvalue weighted by atomic mass is 16.4. The van der Waals surface area contributed by atoms with E-state index in [9.17, 15) is 9.90 Å². The summed E-state index contributed by atoms with van der Waals surface area (Å²) >= 11 is 0. The number of carbonyl (C=O) groups is 1. The minimum absolute atomic E-state index is 0.338. The summed E-state index contributed by atoms with van der Waals surface area (Å²) in [7, 11) is 0. The Morgan fingerprint density at radius 2 is 2.29 bits per heavy atom. The Bertz CT molecular complexity index is 512. The first-order chi connectivity index (χ1) is 8.16. The van der Waals surface area contributed by atoms with Crippen LogP contribution in [0.2, 0.25) is 0 Å². The zero-order valence-corrected chi connectivity index (χ0v) is 8.74. The Hall–Kier alpha value is -2.28. The second-order valence-corrected chi connectivity index (χ2v) is 3.47. The fourth-order valence-corrected chi connectivity index (χ4v) is 1.45. The molecule has 0 bridgehead atoms. The Labute approximate surface area is 96.1 Å². The van der Waals surface area contributed by atoms with E-state index in [1.54, 1.807) is 24.3 Å². The summed E-state index contributed by atoms with van der Waals surface area (Å²) in [6.07, 6.45) is -1.38. The second-order valence-electron chi connectivity index (χ2n) is 3.47. The molecule has 0 fully saturated rings. The van der Waals surface area contributed by atoms with E-state index >= 15 is 0 Å². The molecule has 0 radical (unpaired) electrons. The molecule has 1 aromatic carbocycles. The first-order valence-electron chi connectivity index (χ1n) is 4.90. The van der Waals surface area contributed by atoms with Crippen LogP contribution in [0.4, 0.5) is 0 Å². The zero-order chi connectivity index (χ0) is 12.3. The predicted octanol–water partition coefficient (Wildman–Crippen LogP) is 0.375. The van der Waals surface area contributed by atoms with Crippen LogP contribution in [0.1, 0.15) is 18.1 Å². The number of nitrogens with zero attached hydrogens (tertiary/aromatic N) is 3. The maximum atomic E-state index is 10.5. The molecule has 0 aliphatic carbocycles. The average Bonchev–Trinajstić information content (AvgIpc) is 2.82. The number of hydrogen-bond acceptors (Lipinski definition) is 5. The zero-order valence-electron chi connectivity index (χ0n) is 8.74. The molecule has 3 N–H and O–H groups in total. The highest BCUT2D eigenvalue weighted by Gasteiger charge is 2.13. The van der Waals surface area contributed by atoms with Gasteiger partial charge in [-0.1, -0.05) is 18.2 Å². The van der Waals surface area contributed by atoms with Gasteiger partial charge in [0.05, 0.1) is 12.5 Å². The van der Waals surface area contributed by atoms with Crippen molar-refractivity contribution in [1.82, 2.24) is 20.6 Å². The van der Waals surface area contributed by atoms with Crippen LogP contribution in [0.3, 0.4) is 0 Å². The van der Waals surface area contributed by atoms with E-state index in [1.807, 2.05) is 0 Å². The molecule has 1 atom stereocenters. The van der Waals surface area contributed by atoms with Gasteiger partial charge in [-0.15, -0.1) is 10.2 Å². The van der Waals surface area contributed by atoms with Crippen molar-refractivity contribution in [3.63, 3.8) is 0 Å². The fraction of sp³-hybridized carbons (Fsp3) is 0.200. The van der Waals surface area contributed by atoms with Crippen LogP contribution in [0.25, 0.3) is 11.4 Å². The highest BCUT2D eigenvalue weighted by Crippen LogP contribution is 2.21. The van der Waals surface area contributed by atoms with Gasteiger partial charge in [0.25, 0.3) is 0 Å². The Balaban J connectivity index is 2.25. The molecule has 1 unspecified atom stereocenters. The van der Waals surface area contributed by atoms with Crippen molar-refractivity contribution >= 4 is 5.97 Å². The van der Waals surface area contributed by atoms with Crippen molar-refractivity contribution < 1.29 is 15.0 Å². The minimum Gasteiger partial charge on any atom is -0.481 e. The fourth-order valence-electron chi connectivity index (χ4n) is 1.45. The number of nitrogens with one attached hydrogen (secondary N) is 1. The maximum absolute atomic E-state index is 10.5. The lowest BCUT2D eigenvalue weighted by molar-refractivity contribution is -0.139. The van der Waals surface area contributed by atoms with E-state index in [-0.39, 0.29) is 6.42 Å². The monoisotopic (exact) mass is 234 g/mol. The van der Waals surface area contributed by atoms with Crippen molar-refractivity contribution in [2.24, 2.45) is 0 Å². The molecule has 0 aliphatic heterocycles. The number of hydrogen-bond donors (Lipinski definition) is 3. The molecular weight excluding hydrogens is 224 g/mol. The third-order valence-corrected chi connectivity index (χ3v) is 2.24. The summed E-state index contributed by atoms with van der Waals surface area (Å²) in [6, 6.07) is 6.74. The number of aromatic amines is 1. The molecule has 88 valence electrons. The average molecular weight is 234 g/mol. The second kappa shape index (κ2) is 4.71. The van der Waals surface area contributed by atoms with Gasteiger partial charge in [0.1, 0.15) is 0 Å². The number of carboxylic acid groups (broad SMARTS) is 1. The van der Waals surface area contributed by atoms with Gasteiger partial charge in [-0.2, -0.15) is 5.21 Å². The number of aliphatic carboxylic acids is 1. The third kappa shape index (κ3) is 2.64. The molecule has 0 saturated heterocycles. The van der Waals surface area contributed by atoms with Crippen molar-refractivity contribution in [2.45, 2.75) is 12.5 Å². The van der Waals surface area contributed by atoms with Gasteiger partial charge in [-0.25, -0.2) is 0 Å². The van der Waals surface area contributed by atoms with E-state index in [0.29, 0.717) is 17.0 Å². The van der Waals surface area contributed by atoms with Crippen LogP contribution in [0, 0.1) is 0 Å². The first kappa shape index (κ1) is 11.2. The lowest BCUT2D eigenvalue weighted by Gasteiger charge is -2.08. The molecule has 1 heterocycles. The number of aliphatic hydroxyl groups excluding tert-OH is 1. The summed E-state index contributed by atoms with van der Waals surface area (Å²) in [5.41, 5.74) is 1.18. The van der Waals surface area contributed by atoms with Gasteiger partial charge in [0.2, 0.25) is 5.82 Å². The van der Waals surface area contributed by atoms with Crippen molar-refractivity contribution in [2.75, 3.05) is 0 Å². The van der Waals surface area contributed by atoms with E-state index in [0.717, 1.165) is 0 Å². The molecule has 7 heteroatoms. The van der Waals surface area contributed by atoms with Gasteiger partial charge in [0, 0.05) is 5.56 Å². The molecule has 7 nitrogen and oxygen atoms in total. The molecule has 0 amide bonds. The maximum Gasteiger partial charge on any atom is 0.306 e. The van der Waals surface area contributed by atoms with E-state index in [4.69, 9.17) is 5.11 Å². The number of carboxylic acids is 1. The first-order valence-corrected chi connectivity index (χ1v) is 4.90. The van der Waals surface area contributed by atoms with Gasteiger partial charge in [0.15, 0.2) is 0 Å². The van der Waals surface area contributed by atoms with E-state index in [1.165, 1.54) is 0 Å². The van der Waals surface area contributed by atoms with Crippen LogP contribution >= 0.6 is 0 Å². The number of H-pyrrole nitrogens is 1. The van der Waals surface area contributed by atoms with Gasteiger partial charge in [-0.3, -0.25) is 4.79 Å². The number of aromatic nitrogens is 4. The summed E-state index contributed by atoms with van der Waals surface area (Å²) in [6.45, 7) is 0. The normalized spacial score (nSPS) is 12.3. The Morgan fingerprint density at radius 1 is 1.47 bits per heavy atom. The minimum atomic E-state index is -1.05. The largest absolute Gasteiger partial charge is 0.481 e. The predicted molar refractivity (Wildman–Crippen MR) is 56.8 cm³/mol. The Morgan fingerprint density at radius 3 is 2.94 bits per heavy atom. The number of tetrazole rings is 1. The molecule has 17 heavy (non-hydrogen) atoms. The van der Waals surface area contributed by atoms with Crippen LogP contribution in [0.5, 0.6) is 0 Å². The van der Waals surface area contributed by atoms with Gasteiger partial charge >= 0.3 is 5.97 Å². The standard InChI is InChI=1S/C10H10N4O3/c15-8(5-9(16)17)6-2-1-3-7(4-6)10-11-13-14-12-10/h1-4,8,15H,5H2,(H,16,17)(H,11,12,13,14). The molecule has 2 rings (SSSR count). The molecule has 0 spiro atoms. The number of rotatable bonds is 4. The van der Waals surface area contributed by atoms with Crippen molar-refractivity contribution in [3.8, 4) is 11.4 Å². The van der Waals surface area contributed by atoms with Gasteiger partial charge < -0.3 is 10.2 Å². The molecule has 1 aromatic heterocycles. The van der Waals surface area contributed by atoms with Crippen molar-refractivity contribution in [1.29, 1.82) is 0 Å². The number of aliphatic hydroxyl groups is 1. The Kier molecular flexibility index (Phi) is 3.10. The van der Waals surface area contributed by atoms with Crippen LogP contribution < -0.4 is 0 Å². The summed E-state index contributed by atoms with van der Waals surface area (Å²) in [5.74, 6) is -0.656. The third-order valence-electron chi connectivity index (χ3n) is 2.24. The lowest BCUT2D eigenvalue weighted by atomic mass is 10.0. The number of benzene rings is 1. The molecule has 0 aliphatic rings. The van der Waals surface area contributed by atoms with Crippen LogP contribution in [-0.4, -0.2) is 36.8 Å². The van der Waals surface area contributed by atoms with Crippen LogP contribution in [0.15, 0.2) is 24.3 Å².